The largest absolute Gasteiger partial charge is 0.323 e. The first-order chi connectivity index (χ1) is 17.7. The Morgan fingerprint density at radius 3 is 1.19 bits per heavy atom. The molecule has 0 bridgehead atoms. The standard InChI is InChI=1S/C26H20Cl2N4O4S/c27-17-5-1-7-19(13-17)29-25(33)31-21-9-3-11-23(15-21)37(35,36)24-12-4-10-22(16-24)32-26(34)30-20-8-2-6-18(28)14-20/h1-16H,(H2,29,31,33)(H2,30,32,34). The van der Waals surface area contributed by atoms with Gasteiger partial charge in [0.15, 0.2) is 0 Å². The van der Waals surface area contributed by atoms with Crippen molar-refractivity contribution in [3.8, 4) is 0 Å². The Morgan fingerprint density at radius 1 is 0.514 bits per heavy atom. The number of rotatable bonds is 6. The maximum absolute atomic E-state index is 13.3. The van der Waals surface area contributed by atoms with E-state index in [1.165, 1.54) is 36.4 Å². The summed E-state index contributed by atoms with van der Waals surface area (Å²) >= 11 is 11.9. The van der Waals surface area contributed by atoms with Gasteiger partial charge in [-0.2, -0.15) is 0 Å². The molecule has 8 nitrogen and oxygen atoms in total. The molecule has 0 aliphatic rings. The quantitative estimate of drug-likeness (QED) is 0.203. The zero-order chi connectivity index (χ0) is 26.4. The lowest BCUT2D eigenvalue weighted by Gasteiger charge is -2.11. The predicted molar refractivity (Wildman–Crippen MR) is 147 cm³/mol. The number of amides is 4. The van der Waals surface area contributed by atoms with E-state index in [1.54, 1.807) is 60.7 Å². The molecule has 0 aromatic heterocycles. The van der Waals surface area contributed by atoms with Gasteiger partial charge in [0.05, 0.1) is 9.79 Å². The molecule has 0 unspecified atom stereocenters. The first kappa shape index (κ1) is 26.0. The van der Waals surface area contributed by atoms with Crippen molar-refractivity contribution in [1.82, 2.24) is 0 Å². The molecule has 0 atom stereocenters. The van der Waals surface area contributed by atoms with Crippen molar-refractivity contribution >= 4 is 67.9 Å². The second kappa shape index (κ2) is 11.3. The van der Waals surface area contributed by atoms with Gasteiger partial charge in [-0.05, 0) is 72.8 Å². The summed E-state index contributed by atoms with van der Waals surface area (Å²) in [6.07, 6.45) is 0. The first-order valence-corrected chi connectivity index (χ1v) is 13.1. The van der Waals surface area contributed by atoms with Crippen molar-refractivity contribution in [2.45, 2.75) is 9.79 Å². The molecule has 0 spiro atoms. The highest BCUT2D eigenvalue weighted by Gasteiger charge is 2.19. The lowest BCUT2D eigenvalue weighted by Crippen LogP contribution is -2.20. The van der Waals surface area contributed by atoms with Crippen LogP contribution in [0.5, 0.6) is 0 Å². The van der Waals surface area contributed by atoms with Crippen molar-refractivity contribution < 1.29 is 18.0 Å². The van der Waals surface area contributed by atoms with Crippen molar-refractivity contribution in [3.05, 3.63) is 107 Å². The van der Waals surface area contributed by atoms with Crippen LogP contribution in [0.4, 0.5) is 32.3 Å². The molecule has 4 aromatic rings. The van der Waals surface area contributed by atoms with Gasteiger partial charge in [-0.25, -0.2) is 18.0 Å². The molecule has 4 amide bonds. The van der Waals surface area contributed by atoms with Crippen LogP contribution in [0.3, 0.4) is 0 Å². The number of sulfone groups is 1. The molecular formula is C26H20Cl2N4O4S. The van der Waals surface area contributed by atoms with E-state index in [1.807, 2.05) is 0 Å². The lowest BCUT2D eigenvalue weighted by molar-refractivity contribution is 0.261. The van der Waals surface area contributed by atoms with E-state index in [4.69, 9.17) is 23.2 Å². The van der Waals surface area contributed by atoms with Gasteiger partial charge < -0.3 is 21.3 Å². The first-order valence-electron chi connectivity index (χ1n) is 10.8. The van der Waals surface area contributed by atoms with Crippen molar-refractivity contribution in [2.24, 2.45) is 0 Å². The van der Waals surface area contributed by atoms with Crippen LogP contribution < -0.4 is 21.3 Å². The van der Waals surface area contributed by atoms with Crippen LogP contribution in [-0.2, 0) is 9.84 Å². The van der Waals surface area contributed by atoms with Crippen LogP contribution in [0.2, 0.25) is 10.0 Å². The van der Waals surface area contributed by atoms with E-state index in [-0.39, 0.29) is 21.2 Å². The lowest BCUT2D eigenvalue weighted by atomic mass is 10.3. The fraction of sp³-hybridized carbons (Fsp3) is 0. The van der Waals surface area contributed by atoms with E-state index >= 15 is 0 Å². The van der Waals surface area contributed by atoms with Crippen LogP contribution in [0, 0.1) is 0 Å². The predicted octanol–water partition coefficient (Wildman–Crippen LogP) is 7.11. The van der Waals surface area contributed by atoms with Gasteiger partial charge in [-0.1, -0.05) is 47.5 Å². The molecule has 188 valence electrons. The fourth-order valence-electron chi connectivity index (χ4n) is 3.34. The maximum atomic E-state index is 13.3. The molecule has 0 saturated carbocycles. The third-order valence-electron chi connectivity index (χ3n) is 4.97. The number of hydrogen-bond donors (Lipinski definition) is 4. The number of nitrogens with one attached hydrogen (secondary N) is 4. The highest BCUT2D eigenvalue weighted by Crippen LogP contribution is 2.26. The van der Waals surface area contributed by atoms with E-state index < -0.39 is 21.9 Å². The summed E-state index contributed by atoms with van der Waals surface area (Å²) in [5, 5.41) is 11.4. The summed E-state index contributed by atoms with van der Waals surface area (Å²) in [7, 11) is -3.96. The normalized spacial score (nSPS) is 10.9. The summed E-state index contributed by atoms with van der Waals surface area (Å²) in [6.45, 7) is 0. The van der Waals surface area contributed by atoms with Crippen LogP contribution in [0.25, 0.3) is 0 Å². The smallest absolute Gasteiger partial charge is 0.308 e. The van der Waals surface area contributed by atoms with Crippen molar-refractivity contribution in [3.63, 3.8) is 0 Å². The SMILES string of the molecule is O=C(Nc1cccc(Cl)c1)Nc1cccc(S(=O)(=O)c2cccc(NC(=O)Nc3cccc(Cl)c3)c2)c1. The Bertz CT molecular complexity index is 1470. The Morgan fingerprint density at radius 2 is 0.838 bits per heavy atom. The average Bonchev–Trinajstić information content (AvgIpc) is 2.84. The number of carbonyl (C=O) groups is 2. The minimum atomic E-state index is -3.96. The second-order valence-electron chi connectivity index (χ2n) is 7.74. The summed E-state index contributed by atoms with van der Waals surface area (Å²) in [4.78, 5) is 24.6. The van der Waals surface area contributed by atoms with Gasteiger partial charge >= 0.3 is 12.1 Å². The Balaban J connectivity index is 1.47. The van der Waals surface area contributed by atoms with Gasteiger partial charge in [0.25, 0.3) is 0 Å². The molecule has 0 fully saturated rings. The zero-order valence-corrected chi connectivity index (χ0v) is 21.4. The van der Waals surface area contributed by atoms with Crippen LogP contribution in [0.1, 0.15) is 0 Å². The number of hydrogen-bond acceptors (Lipinski definition) is 4. The highest BCUT2D eigenvalue weighted by molar-refractivity contribution is 7.91. The molecule has 0 aliphatic heterocycles. The molecule has 4 rings (SSSR count). The Hall–Kier alpha value is -4.05. The van der Waals surface area contributed by atoms with Crippen molar-refractivity contribution in [2.75, 3.05) is 21.3 Å². The van der Waals surface area contributed by atoms with Gasteiger partial charge in [0, 0.05) is 32.8 Å². The minimum absolute atomic E-state index is 0.0337. The minimum Gasteiger partial charge on any atom is -0.308 e. The van der Waals surface area contributed by atoms with Gasteiger partial charge in [-0.15, -0.1) is 0 Å². The molecular weight excluding hydrogens is 535 g/mol. The van der Waals surface area contributed by atoms with Gasteiger partial charge in [0.1, 0.15) is 0 Å². The molecule has 0 saturated heterocycles. The van der Waals surface area contributed by atoms with E-state index in [2.05, 4.69) is 21.3 Å². The molecule has 4 N–H and O–H groups in total. The Labute approximate surface area is 223 Å². The van der Waals surface area contributed by atoms with Crippen LogP contribution in [0.15, 0.2) is 107 Å². The van der Waals surface area contributed by atoms with Crippen LogP contribution >= 0.6 is 23.2 Å². The Kier molecular flexibility index (Phi) is 7.98. The second-order valence-corrected chi connectivity index (χ2v) is 10.6. The summed E-state index contributed by atoms with van der Waals surface area (Å²) in [5.41, 5.74) is 1.52. The number of carbonyl (C=O) groups excluding carboxylic acids is 2. The zero-order valence-electron chi connectivity index (χ0n) is 19.0. The number of anilines is 4. The van der Waals surface area contributed by atoms with E-state index in [9.17, 15) is 18.0 Å². The fourth-order valence-corrected chi connectivity index (χ4v) is 5.07. The molecule has 11 heteroatoms. The number of halogens is 2. The molecule has 0 heterocycles. The van der Waals surface area contributed by atoms with E-state index in [0.717, 1.165) is 0 Å². The maximum Gasteiger partial charge on any atom is 0.323 e. The summed E-state index contributed by atoms with van der Waals surface area (Å²) in [5.74, 6) is 0. The van der Waals surface area contributed by atoms with Gasteiger partial charge in [-0.3, -0.25) is 0 Å². The van der Waals surface area contributed by atoms with E-state index in [0.29, 0.717) is 21.4 Å². The van der Waals surface area contributed by atoms with Crippen molar-refractivity contribution in [1.29, 1.82) is 0 Å². The monoisotopic (exact) mass is 554 g/mol. The van der Waals surface area contributed by atoms with Gasteiger partial charge in [0.2, 0.25) is 9.84 Å². The topological polar surface area (TPSA) is 116 Å². The number of benzene rings is 4. The molecule has 0 aliphatic carbocycles. The summed E-state index contributed by atoms with van der Waals surface area (Å²) < 4.78 is 26.6. The third-order valence-corrected chi connectivity index (χ3v) is 7.19. The van der Waals surface area contributed by atoms with Crippen LogP contribution in [-0.4, -0.2) is 20.5 Å². The molecule has 37 heavy (non-hydrogen) atoms. The molecule has 4 aromatic carbocycles. The highest BCUT2D eigenvalue weighted by atomic mass is 35.5. The third kappa shape index (κ3) is 7.01. The molecule has 0 radical (unpaired) electrons. The number of urea groups is 2. The summed E-state index contributed by atoms with van der Waals surface area (Å²) in [6, 6.07) is 23.8. The average molecular weight is 555 g/mol.